The molecule has 0 bridgehead atoms. The van der Waals surface area contributed by atoms with Crippen LogP contribution in [-0.2, 0) is 6.42 Å². The molecule has 2 N–H and O–H groups in total. The average molecular weight is 251 g/mol. The van der Waals surface area contributed by atoms with E-state index in [1.807, 2.05) is 10.3 Å². The van der Waals surface area contributed by atoms with Crippen molar-refractivity contribution in [3.8, 4) is 0 Å². The molecule has 0 radical (unpaired) electrons. The zero-order valence-electron chi connectivity index (χ0n) is 9.74. The Labute approximate surface area is 105 Å². The van der Waals surface area contributed by atoms with Crippen LogP contribution < -0.4 is 10.6 Å². The molecule has 2 amide bonds. The monoisotopic (exact) mass is 251 g/mol. The van der Waals surface area contributed by atoms with E-state index in [0.29, 0.717) is 6.04 Å². The Bertz CT molecular complexity index is 412. The standard InChI is InChI=1S/C12H17N3OS/c16-12-14-11-8-17-7-9(11)3-6-15(12)10-1-4-13-5-2-10/h7-8,10,13H,1-6H2,(H,14,16). The molecule has 1 saturated heterocycles. The van der Waals surface area contributed by atoms with E-state index in [1.165, 1.54) is 5.56 Å². The Kier molecular flexibility index (Phi) is 3.03. The number of carbonyl (C=O) groups is 1. The fraction of sp³-hybridized carbons (Fsp3) is 0.583. The van der Waals surface area contributed by atoms with Crippen molar-refractivity contribution < 1.29 is 4.79 Å². The van der Waals surface area contributed by atoms with Gasteiger partial charge in [-0.1, -0.05) is 0 Å². The van der Waals surface area contributed by atoms with Crippen LogP contribution in [0.25, 0.3) is 0 Å². The smallest absolute Gasteiger partial charge is 0.321 e. The second-order valence-corrected chi connectivity index (χ2v) is 5.41. The van der Waals surface area contributed by atoms with Crippen LogP contribution in [0.4, 0.5) is 10.5 Å². The summed E-state index contributed by atoms with van der Waals surface area (Å²) in [6, 6.07) is 0.484. The molecule has 17 heavy (non-hydrogen) atoms. The predicted octanol–water partition coefficient (Wildman–Crippen LogP) is 1.89. The number of hydrogen-bond donors (Lipinski definition) is 2. The number of piperidine rings is 1. The third-order valence-corrected chi connectivity index (χ3v) is 4.41. The summed E-state index contributed by atoms with van der Waals surface area (Å²) in [4.78, 5) is 14.2. The number of anilines is 1. The summed E-state index contributed by atoms with van der Waals surface area (Å²) in [6.07, 6.45) is 3.11. The lowest BCUT2D eigenvalue weighted by Gasteiger charge is -2.33. The molecule has 5 heteroatoms. The van der Waals surface area contributed by atoms with Gasteiger partial charge in [0.1, 0.15) is 0 Å². The van der Waals surface area contributed by atoms with Crippen molar-refractivity contribution in [2.75, 3.05) is 25.0 Å². The van der Waals surface area contributed by atoms with Gasteiger partial charge in [-0.15, -0.1) is 11.3 Å². The largest absolute Gasteiger partial charge is 0.322 e. The molecule has 4 nitrogen and oxygen atoms in total. The minimum absolute atomic E-state index is 0.0778. The lowest BCUT2D eigenvalue weighted by Crippen LogP contribution is -2.47. The highest BCUT2D eigenvalue weighted by Gasteiger charge is 2.27. The summed E-state index contributed by atoms with van der Waals surface area (Å²) in [5.41, 5.74) is 2.29. The molecule has 3 heterocycles. The van der Waals surface area contributed by atoms with Crippen LogP contribution in [0.15, 0.2) is 10.8 Å². The molecule has 0 spiro atoms. The molecular weight excluding hydrogens is 234 g/mol. The van der Waals surface area contributed by atoms with Crippen LogP contribution in [0.1, 0.15) is 18.4 Å². The Morgan fingerprint density at radius 2 is 2.12 bits per heavy atom. The summed E-state index contributed by atoms with van der Waals surface area (Å²) >= 11 is 1.66. The normalized spacial score (nSPS) is 21.9. The van der Waals surface area contributed by atoms with Gasteiger partial charge in [-0.2, -0.15) is 0 Å². The van der Waals surface area contributed by atoms with Crippen molar-refractivity contribution in [1.29, 1.82) is 0 Å². The van der Waals surface area contributed by atoms with Gasteiger partial charge < -0.3 is 15.5 Å². The Balaban J connectivity index is 1.75. The van der Waals surface area contributed by atoms with Crippen LogP contribution in [0.5, 0.6) is 0 Å². The van der Waals surface area contributed by atoms with E-state index < -0.39 is 0 Å². The second kappa shape index (κ2) is 4.66. The maximum atomic E-state index is 12.2. The van der Waals surface area contributed by atoms with Gasteiger partial charge in [-0.05, 0) is 43.3 Å². The van der Waals surface area contributed by atoms with Gasteiger partial charge in [0.05, 0.1) is 5.69 Å². The first kappa shape index (κ1) is 11.0. The molecule has 92 valence electrons. The van der Waals surface area contributed by atoms with Crippen molar-refractivity contribution >= 4 is 23.1 Å². The topological polar surface area (TPSA) is 44.4 Å². The third-order valence-electron chi connectivity index (χ3n) is 3.62. The SMILES string of the molecule is O=C1Nc2cscc2CCN1C1CCNCC1. The predicted molar refractivity (Wildman–Crippen MR) is 69.6 cm³/mol. The number of nitrogens with zero attached hydrogens (tertiary/aromatic N) is 1. The second-order valence-electron chi connectivity index (χ2n) is 4.67. The first-order valence-corrected chi connectivity index (χ1v) is 7.12. The van der Waals surface area contributed by atoms with Gasteiger partial charge in [-0.25, -0.2) is 4.79 Å². The zero-order chi connectivity index (χ0) is 11.7. The van der Waals surface area contributed by atoms with Crippen LogP contribution >= 0.6 is 11.3 Å². The number of amides is 2. The molecule has 0 saturated carbocycles. The highest BCUT2D eigenvalue weighted by atomic mass is 32.1. The summed E-state index contributed by atoms with van der Waals surface area (Å²) in [5, 5.41) is 10.5. The van der Waals surface area contributed by atoms with Gasteiger partial charge >= 0.3 is 6.03 Å². The fourth-order valence-corrected chi connectivity index (χ4v) is 3.45. The molecule has 2 aliphatic rings. The number of nitrogens with one attached hydrogen (secondary N) is 2. The van der Waals surface area contributed by atoms with E-state index in [0.717, 1.165) is 44.6 Å². The van der Waals surface area contributed by atoms with Crippen molar-refractivity contribution in [1.82, 2.24) is 10.2 Å². The van der Waals surface area contributed by atoms with Crippen molar-refractivity contribution in [3.63, 3.8) is 0 Å². The van der Waals surface area contributed by atoms with Gasteiger partial charge in [0.15, 0.2) is 0 Å². The molecule has 1 fully saturated rings. The summed E-state index contributed by atoms with van der Waals surface area (Å²) in [5.74, 6) is 0. The molecular formula is C12H17N3OS. The van der Waals surface area contributed by atoms with Crippen molar-refractivity contribution in [3.05, 3.63) is 16.3 Å². The number of hydrogen-bond acceptors (Lipinski definition) is 3. The molecule has 3 rings (SSSR count). The van der Waals surface area contributed by atoms with E-state index in [4.69, 9.17) is 0 Å². The molecule has 1 aromatic heterocycles. The number of carbonyl (C=O) groups excluding carboxylic acids is 1. The molecule has 2 aliphatic heterocycles. The highest BCUT2D eigenvalue weighted by molar-refractivity contribution is 7.08. The third kappa shape index (κ3) is 2.17. The summed E-state index contributed by atoms with van der Waals surface area (Å²) in [6.45, 7) is 2.89. The lowest BCUT2D eigenvalue weighted by atomic mass is 10.0. The number of urea groups is 1. The van der Waals surface area contributed by atoms with Gasteiger partial charge in [0.2, 0.25) is 0 Å². The van der Waals surface area contributed by atoms with E-state index in [9.17, 15) is 4.79 Å². The minimum Gasteiger partial charge on any atom is -0.321 e. The van der Waals surface area contributed by atoms with E-state index >= 15 is 0 Å². The first-order valence-electron chi connectivity index (χ1n) is 6.18. The van der Waals surface area contributed by atoms with E-state index in [2.05, 4.69) is 16.0 Å². The number of thiophene rings is 1. The van der Waals surface area contributed by atoms with Crippen molar-refractivity contribution in [2.24, 2.45) is 0 Å². The Hall–Kier alpha value is -1.07. The van der Waals surface area contributed by atoms with E-state index in [1.54, 1.807) is 11.3 Å². The maximum absolute atomic E-state index is 12.2. The number of fused-ring (bicyclic) bond motifs is 1. The quantitative estimate of drug-likeness (QED) is 0.800. The summed E-state index contributed by atoms with van der Waals surface area (Å²) in [7, 11) is 0. The zero-order valence-corrected chi connectivity index (χ0v) is 10.6. The molecule has 0 aliphatic carbocycles. The highest BCUT2D eigenvalue weighted by Crippen LogP contribution is 2.26. The fourth-order valence-electron chi connectivity index (χ4n) is 2.62. The van der Waals surface area contributed by atoms with Crippen LogP contribution in [-0.4, -0.2) is 36.6 Å². The lowest BCUT2D eigenvalue weighted by molar-refractivity contribution is 0.173. The van der Waals surface area contributed by atoms with Crippen LogP contribution in [0, 0.1) is 0 Å². The Morgan fingerprint density at radius 1 is 1.29 bits per heavy atom. The molecule has 0 atom stereocenters. The average Bonchev–Trinajstić information content (AvgIpc) is 2.72. The van der Waals surface area contributed by atoms with Crippen LogP contribution in [0.2, 0.25) is 0 Å². The van der Waals surface area contributed by atoms with Gasteiger partial charge in [0, 0.05) is 18.0 Å². The van der Waals surface area contributed by atoms with Gasteiger partial charge in [-0.3, -0.25) is 0 Å². The van der Waals surface area contributed by atoms with Gasteiger partial charge in [0.25, 0.3) is 0 Å². The minimum atomic E-state index is 0.0778. The molecule has 0 unspecified atom stereocenters. The van der Waals surface area contributed by atoms with Crippen molar-refractivity contribution in [2.45, 2.75) is 25.3 Å². The maximum Gasteiger partial charge on any atom is 0.322 e. The molecule has 1 aromatic rings. The Morgan fingerprint density at radius 3 is 2.94 bits per heavy atom. The molecule has 0 aromatic carbocycles. The number of rotatable bonds is 1. The van der Waals surface area contributed by atoms with E-state index in [-0.39, 0.29) is 6.03 Å². The first-order chi connectivity index (χ1) is 8.34. The summed E-state index contributed by atoms with van der Waals surface area (Å²) < 4.78 is 0. The van der Waals surface area contributed by atoms with Crippen LogP contribution in [0.3, 0.4) is 0 Å².